The molecule has 2 atom stereocenters. The van der Waals surface area contributed by atoms with E-state index < -0.39 is 10.0 Å². The molecule has 4 aromatic heterocycles. The zero-order chi connectivity index (χ0) is 26.3. The first-order chi connectivity index (χ1) is 18.3. The van der Waals surface area contributed by atoms with Gasteiger partial charge in [-0.2, -0.15) is 5.10 Å². The summed E-state index contributed by atoms with van der Waals surface area (Å²) in [6, 6.07) is 5.84. The summed E-state index contributed by atoms with van der Waals surface area (Å²) >= 11 is 3.10. The molecule has 0 aliphatic heterocycles. The van der Waals surface area contributed by atoms with Crippen molar-refractivity contribution in [1.82, 2.24) is 24.5 Å². The summed E-state index contributed by atoms with van der Waals surface area (Å²) in [5, 5.41) is 10.3. The lowest BCUT2D eigenvalue weighted by molar-refractivity contribution is 0.0874. The standard InChI is InChI=1S/C27H25N5O3S3/c1-32-14-20(12-29-32)19-10-23-24(28-11-19)7-6-18-5-4-17(9-22(18)26(23)33)16-38(34,35)30-13-21-15-37-27(31-21)25-3-2-8-36-25/h2-3,6-8,10-12,14-16,18,22,30H,4-5,9,13H2,1H3/b17-16+. The number of pyridine rings is 1. The summed E-state index contributed by atoms with van der Waals surface area (Å²) in [5.74, 6) is -0.259. The van der Waals surface area contributed by atoms with Crippen LogP contribution in [0.2, 0.25) is 0 Å². The van der Waals surface area contributed by atoms with Crippen molar-refractivity contribution in [3.8, 4) is 21.0 Å². The Morgan fingerprint density at radius 3 is 2.92 bits per heavy atom. The summed E-state index contributed by atoms with van der Waals surface area (Å²) in [6.07, 6.45) is 11.1. The third-order valence-corrected chi connectivity index (χ3v) is 10.0. The molecule has 4 aromatic rings. The topological polar surface area (TPSA) is 107 Å². The molecule has 4 heterocycles. The van der Waals surface area contributed by atoms with Gasteiger partial charge in [-0.25, -0.2) is 18.1 Å². The predicted molar refractivity (Wildman–Crippen MR) is 150 cm³/mol. The molecule has 1 N–H and O–H groups in total. The van der Waals surface area contributed by atoms with Gasteiger partial charge in [0, 0.05) is 52.8 Å². The van der Waals surface area contributed by atoms with Crippen LogP contribution in [0.25, 0.3) is 27.1 Å². The molecule has 0 bridgehead atoms. The number of carbonyl (C=O) groups excluding carboxylic acids is 1. The minimum Gasteiger partial charge on any atom is -0.294 e. The number of aryl methyl sites for hydroxylation is 1. The van der Waals surface area contributed by atoms with E-state index in [1.165, 1.54) is 16.7 Å². The number of Topliss-reactive ketones (excluding diaryl/α,β-unsaturated/α-hetero) is 1. The molecule has 8 nitrogen and oxygen atoms in total. The van der Waals surface area contributed by atoms with Gasteiger partial charge in [0.25, 0.3) is 0 Å². The van der Waals surface area contributed by atoms with Crippen LogP contribution < -0.4 is 4.72 Å². The van der Waals surface area contributed by atoms with Gasteiger partial charge in [-0.3, -0.25) is 14.5 Å². The molecule has 2 aliphatic rings. The average Bonchev–Trinajstić information content (AvgIpc) is 3.67. The molecule has 0 saturated heterocycles. The van der Waals surface area contributed by atoms with Crippen LogP contribution in [0.5, 0.6) is 0 Å². The van der Waals surface area contributed by atoms with E-state index in [-0.39, 0.29) is 24.2 Å². The van der Waals surface area contributed by atoms with Crippen LogP contribution in [0.1, 0.15) is 41.0 Å². The molecule has 0 spiro atoms. The Labute approximate surface area is 228 Å². The number of nitrogens with one attached hydrogen (secondary N) is 1. The molecule has 2 unspecified atom stereocenters. The minimum absolute atomic E-state index is 0.00720. The zero-order valence-corrected chi connectivity index (χ0v) is 23.0. The highest BCUT2D eigenvalue weighted by molar-refractivity contribution is 7.92. The van der Waals surface area contributed by atoms with Crippen LogP contribution >= 0.6 is 22.7 Å². The highest BCUT2D eigenvalue weighted by atomic mass is 32.2. The number of hydrogen-bond acceptors (Lipinski definition) is 8. The maximum Gasteiger partial charge on any atom is 0.234 e. The number of rotatable bonds is 6. The van der Waals surface area contributed by atoms with Gasteiger partial charge in [-0.15, -0.1) is 22.7 Å². The molecule has 2 aliphatic carbocycles. The highest BCUT2D eigenvalue weighted by Gasteiger charge is 2.35. The second-order valence-corrected chi connectivity index (χ2v) is 13.0. The molecule has 1 fully saturated rings. The fourth-order valence-corrected chi connectivity index (χ4v) is 7.72. The van der Waals surface area contributed by atoms with Crippen LogP contribution in [-0.2, 0) is 23.6 Å². The quantitative estimate of drug-likeness (QED) is 0.341. The molecule has 0 aromatic carbocycles. The second-order valence-electron chi connectivity index (χ2n) is 9.56. The Kier molecular flexibility index (Phi) is 6.68. The summed E-state index contributed by atoms with van der Waals surface area (Å²) in [5.41, 5.74) is 4.40. The van der Waals surface area contributed by atoms with E-state index in [1.54, 1.807) is 28.4 Å². The van der Waals surface area contributed by atoms with E-state index in [0.29, 0.717) is 36.2 Å². The lowest BCUT2D eigenvalue weighted by Gasteiger charge is -2.29. The van der Waals surface area contributed by atoms with Gasteiger partial charge < -0.3 is 0 Å². The highest BCUT2D eigenvalue weighted by Crippen LogP contribution is 2.40. The monoisotopic (exact) mass is 563 g/mol. The Hall–Kier alpha value is -3.25. The lowest BCUT2D eigenvalue weighted by atomic mass is 9.74. The second kappa shape index (κ2) is 10.1. The summed E-state index contributed by atoms with van der Waals surface area (Å²) < 4.78 is 30.1. The SMILES string of the molecule is Cn1cc(-c2cnc3c(c2)C(=O)C2C/C(=C/S(=O)(=O)NCc4csc(-c5cccs5)n4)CCC2C=C3)cn1. The Morgan fingerprint density at radius 1 is 1.24 bits per heavy atom. The molecule has 0 amide bonds. The van der Waals surface area contributed by atoms with E-state index >= 15 is 0 Å². The van der Waals surface area contributed by atoms with Crippen molar-refractivity contribution in [2.24, 2.45) is 18.9 Å². The predicted octanol–water partition coefficient (Wildman–Crippen LogP) is 5.30. The van der Waals surface area contributed by atoms with E-state index in [0.717, 1.165) is 26.6 Å². The molecule has 11 heteroatoms. The number of nitrogens with zero attached hydrogens (tertiary/aromatic N) is 4. The van der Waals surface area contributed by atoms with Gasteiger partial charge in [0.1, 0.15) is 5.01 Å². The van der Waals surface area contributed by atoms with Crippen molar-refractivity contribution in [1.29, 1.82) is 0 Å². The largest absolute Gasteiger partial charge is 0.294 e. The van der Waals surface area contributed by atoms with Gasteiger partial charge in [0.2, 0.25) is 10.0 Å². The number of hydrogen-bond donors (Lipinski definition) is 1. The number of thiophene rings is 1. The van der Waals surface area contributed by atoms with Crippen molar-refractivity contribution in [2.45, 2.75) is 25.8 Å². The summed E-state index contributed by atoms with van der Waals surface area (Å²) in [4.78, 5) is 23.8. The summed E-state index contributed by atoms with van der Waals surface area (Å²) in [6.45, 7) is 0.123. The van der Waals surface area contributed by atoms with Crippen molar-refractivity contribution >= 4 is 44.6 Å². The molecule has 6 rings (SSSR count). The Balaban J connectivity index is 1.18. The first kappa shape index (κ1) is 25.1. The van der Waals surface area contributed by atoms with Crippen molar-refractivity contribution < 1.29 is 13.2 Å². The maximum atomic E-state index is 13.7. The first-order valence-electron chi connectivity index (χ1n) is 12.2. The van der Waals surface area contributed by atoms with Crippen molar-refractivity contribution in [3.05, 3.63) is 81.6 Å². The molecular formula is C27H25N5O3S3. The first-order valence-corrected chi connectivity index (χ1v) is 15.5. The maximum absolute atomic E-state index is 13.7. The number of aromatic nitrogens is 4. The number of thiazole rings is 1. The number of allylic oxidation sites excluding steroid dienone is 2. The zero-order valence-electron chi connectivity index (χ0n) is 20.6. The fraction of sp³-hybridized carbons (Fsp3) is 0.259. The van der Waals surface area contributed by atoms with Crippen LogP contribution in [0.3, 0.4) is 0 Å². The van der Waals surface area contributed by atoms with Crippen LogP contribution in [0.4, 0.5) is 0 Å². The third-order valence-electron chi connectivity index (χ3n) is 6.92. The minimum atomic E-state index is -3.69. The number of fused-ring (bicyclic) bond motifs is 2. The van der Waals surface area contributed by atoms with Gasteiger partial charge in [-0.1, -0.05) is 17.7 Å². The fourth-order valence-electron chi connectivity index (χ4n) is 5.00. The number of sulfonamides is 1. The van der Waals surface area contributed by atoms with E-state index in [2.05, 4.69) is 25.9 Å². The number of carbonyl (C=O) groups is 1. The van der Waals surface area contributed by atoms with Crippen LogP contribution in [-0.4, -0.2) is 33.9 Å². The van der Waals surface area contributed by atoms with E-state index in [1.807, 2.05) is 48.3 Å². The van der Waals surface area contributed by atoms with E-state index in [9.17, 15) is 13.2 Å². The molecule has 194 valence electrons. The Morgan fingerprint density at radius 2 is 2.13 bits per heavy atom. The van der Waals surface area contributed by atoms with Crippen molar-refractivity contribution in [2.75, 3.05) is 0 Å². The van der Waals surface area contributed by atoms with Crippen molar-refractivity contribution in [3.63, 3.8) is 0 Å². The van der Waals surface area contributed by atoms with Gasteiger partial charge in [-0.05, 0) is 48.8 Å². The molecular weight excluding hydrogens is 539 g/mol. The smallest absolute Gasteiger partial charge is 0.234 e. The van der Waals surface area contributed by atoms with Crippen LogP contribution in [0, 0.1) is 11.8 Å². The summed E-state index contributed by atoms with van der Waals surface area (Å²) in [7, 11) is -1.84. The van der Waals surface area contributed by atoms with Gasteiger partial charge in [0.15, 0.2) is 5.78 Å². The van der Waals surface area contributed by atoms with Gasteiger partial charge in [0.05, 0.1) is 29.0 Å². The van der Waals surface area contributed by atoms with E-state index in [4.69, 9.17) is 0 Å². The third kappa shape index (κ3) is 5.19. The normalized spacial score (nSPS) is 20.3. The lowest BCUT2D eigenvalue weighted by Crippen LogP contribution is -2.28. The molecule has 0 radical (unpaired) electrons. The average molecular weight is 564 g/mol. The number of ketones is 1. The molecule has 1 saturated carbocycles. The van der Waals surface area contributed by atoms with Crippen LogP contribution in [0.15, 0.2) is 64.6 Å². The Bertz CT molecular complexity index is 1660. The molecule has 38 heavy (non-hydrogen) atoms. The van der Waals surface area contributed by atoms with Gasteiger partial charge >= 0.3 is 0 Å².